The van der Waals surface area contributed by atoms with Crippen molar-refractivity contribution in [2.75, 3.05) is 30.3 Å². The van der Waals surface area contributed by atoms with Crippen LogP contribution in [0.3, 0.4) is 0 Å². The lowest BCUT2D eigenvalue weighted by Crippen LogP contribution is -2.39. The topological polar surface area (TPSA) is 117 Å². The van der Waals surface area contributed by atoms with E-state index in [9.17, 15) is 18.0 Å². The van der Waals surface area contributed by atoms with E-state index in [0.717, 1.165) is 22.5 Å². The molecule has 0 radical (unpaired) electrons. The first-order valence-corrected chi connectivity index (χ1v) is 13.5. The number of hydrazone groups is 1. The molecular formula is C26H27ClN4O5S. The lowest BCUT2D eigenvalue weighted by atomic mass is 10.1. The minimum absolute atomic E-state index is 0.109. The summed E-state index contributed by atoms with van der Waals surface area (Å²) in [6.07, 6.45) is 3.15. The highest BCUT2D eigenvalue weighted by Crippen LogP contribution is 2.21. The maximum Gasteiger partial charge on any atom is 0.260 e. The number of carbonyl (C=O) groups excluding carboxylic acids is 2. The Balaban J connectivity index is 1.43. The highest BCUT2D eigenvalue weighted by atomic mass is 35.5. The van der Waals surface area contributed by atoms with Gasteiger partial charge in [0.2, 0.25) is 10.0 Å². The summed E-state index contributed by atoms with van der Waals surface area (Å²) in [7, 11) is -3.72. The van der Waals surface area contributed by atoms with Crippen LogP contribution >= 0.6 is 11.6 Å². The molecule has 0 aliphatic carbocycles. The van der Waals surface area contributed by atoms with Crippen molar-refractivity contribution in [3.05, 3.63) is 95.0 Å². The number of nitrogens with zero attached hydrogens (tertiary/aromatic N) is 2. The van der Waals surface area contributed by atoms with Crippen LogP contribution in [0.15, 0.2) is 84.0 Å². The zero-order valence-electron chi connectivity index (χ0n) is 20.1. The molecule has 0 bridgehead atoms. The number of amides is 2. The molecule has 0 saturated heterocycles. The Kier molecular flexibility index (Phi) is 10.0. The summed E-state index contributed by atoms with van der Waals surface area (Å²) in [5.41, 5.74) is 4.39. The van der Waals surface area contributed by atoms with E-state index in [0.29, 0.717) is 22.9 Å². The Morgan fingerprint density at radius 2 is 1.73 bits per heavy atom. The largest absolute Gasteiger partial charge is 0.484 e. The van der Waals surface area contributed by atoms with Gasteiger partial charge in [-0.15, -0.1) is 0 Å². The number of benzene rings is 3. The molecule has 2 N–H and O–H groups in total. The Labute approximate surface area is 221 Å². The van der Waals surface area contributed by atoms with Crippen molar-refractivity contribution in [3.8, 4) is 5.75 Å². The van der Waals surface area contributed by atoms with Gasteiger partial charge in [-0.05, 0) is 60.0 Å². The van der Waals surface area contributed by atoms with Crippen molar-refractivity contribution in [1.82, 2.24) is 10.7 Å². The van der Waals surface area contributed by atoms with Crippen molar-refractivity contribution in [3.63, 3.8) is 0 Å². The summed E-state index contributed by atoms with van der Waals surface area (Å²) in [4.78, 5) is 24.3. The lowest BCUT2D eigenvalue weighted by Gasteiger charge is -2.21. The summed E-state index contributed by atoms with van der Waals surface area (Å²) >= 11 is 5.94. The molecule has 0 heterocycles. The Morgan fingerprint density at radius 3 is 2.41 bits per heavy atom. The molecule has 3 rings (SSSR count). The van der Waals surface area contributed by atoms with Gasteiger partial charge in [0.25, 0.3) is 11.8 Å². The number of ether oxygens (including phenoxy) is 1. The van der Waals surface area contributed by atoms with E-state index in [-0.39, 0.29) is 18.2 Å². The fraction of sp³-hybridized carbons (Fsp3) is 0.192. The van der Waals surface area contributed by atoms with Crippen molar-refractivity contribution < 1.29 is 22.7 Å². The zero-order valence-corrected chi connectivity index (χ0v) is 21.7. The zero-order chi connectivity index (χ0) is 26.7. The summed E-state index contributed by atoms with van der Waals surface area (Å²) in [6, 6.07) is 22.8. The van der Waals surface area contributed by atoms with Gasteiger partial charge >= 0.3 is 0 Å². The minimum atomic E-state index is -3.72. The van der Waals surface area contributed by atoms with Gasteiger partial charge in [0.15, 0.2) is 6.61 Å². The van der Waals surface area contributed by atoms with E-state index in [2.05, 4.69) is 15.8 Å². The van der Waals surface area contributed by atoms with Crippen molar-refractivity contribution in [1.29, 1.82) is 0 Å². The smallest absolute Gasteiger partial charge is 0.260 e. The monoisotopic (exact) mass is 542 g/mol. The minimum Gasteiger partial charge on any atom is -0.484 e. The fourth-order valence-corrected chi connectivity index (χ4v) is 4.25. The molecule has 3 aromatic carbocycles. The number of rotatable bonds is 12. The van der Waals surface area contributed by atoms with E-state index in [4.69, 9.17) is 16.3 Å². The molecule has 0 saturated carbocycles. The first-order valence-electron chi connectivity index (χ1n) is 11.3. The van der Waals surface area contributed by atoms with Crippen LogP contribution in [0.1, 0.15) is 11.1 Å². The molecule has 9 nitrogen and oxygen atoms in total. The third-order valence-electron chi connectivity index (χ3n) is 5.02. The number of nitrogens with one attached hydrogen (secondary N) is 2. The van der Waals surface area contributed by atoms with E-state index in [1.165, 1.54) is 12.3 Å². The summed E-state index contributed by atoms with van der Waals surface area (Å²) in [6.45, 7) is -0.0488. The third kappa shape index (κ3) is 9.59. The Bertz CT molecular complexity index is 1330. The van der Waals surface area contributed by atoms with E-state index in [1.807, 2.05) is 30.3 Å². The number of hydrogen-bond acceptors (Lipinski definition) is 6. The molecule has 0 aromatic heterocycles. The summed E-state index contributed by atoms with van der Waals surface area (Å²) in [5, 5.41) is 7.04. The fourth-order valence-electron chi connectivity index (χ4n) is 3.22. The molecule has 3 aromatic rings. The molecule has 0 spiro atoms. The molecule has 0 fully saturated rings. The molecular weight excluding hydrogens is 516 g/mol. The molecule has 0 aliphatic rings. The van der Waals surface area contributed by atoms with Crippen LogP contribution in [0.2, 0.25) is 5.02 Å². The highest BCUT2D eigenvalue weighted by molar-refractivity contribution is 7.92. The first-order chi connectivity index (χ1) is 17.7. The van der Waals surface area contributed by atoms with Gasteiger partial charge in [-0.1, -0.05) is 48.0 Å². The van der Waals surface area contributed by atoms with E-state index >= 15 is 0 Å². The standard InChI is InChI=1S/C26H27ClN4O5S/c1-37(34,35)31(23-9-5-8-22(27)16-23)18-25(32)30-29-17-21-10-12-24(13-11-21)36-19-26(33)28-15-14-20-6-3-2-4-7-20/h2-13,16-17H,14-15,18-19H2,1H3,(H,28,33)(H,30,32)/b29-17-. The van der Waals surface area contributed by atoms with Crippen LogP contribution in [0.4, 0.5) is 5.69 Å². The average Bonchev–Trinajstić information content (AvgIpc) is 2.87. The summed E-state index contributed by atoms with van der Waals surface area (Å²) < 4.78 is 30.7. The molecule has 37 heavy (non-hydrogen) atoms. The molecule has 194 valence electrons. The van der Waals surface area contributed by atoms with Crippen LogP contribution < -0.4 is 19.8 Å². The number of hydrogen-bond donors (Lipinski definition) is 2. The van der Waals surface area contributed by atoms with Gasteiger partial charge in [0, 0.05) is 11.6 Å². The van der Waals surface area contributed by atoms with E-state index in [1.54, 1.807) is 42.5 Å². The molecule has 0 aliphatic heterocycles. The predicted molar refractivity (Wildman–Crippen MR) is 144 cm³/mol. The summed E-state index contributed by atoms with van der Waals surface area (Å²) in [5.74, 6) is -0.338. The van der Waals surface area contributed by atoms with E-state index < -0.39 is 22.5 Å². The van der Waals surface area contributed by atoms with Gasteiger partial charge in [0.1, 0.15) is 12.3 Å². The second kappa shape index (κ2) is 13.4. The maximum atomic E-state index is 12.3. The van der Waals surface area contributed by atoms with Crippen LogP contribution in [0.25, 0.3) is 0 Å². The first kappa shape index (κ1) is 27.7. The van der Waals surface area contributed by atoms with Crippen molar-refractivity contribution >= 4 is 45.3 Å². The van der Waals surface area contributed by atoms with Gasteiger partial charge in [-0.25, -0.2) is 13.8 Å². The third-order valence-corrected chi connectivity index (χ3v) is 6.39. The van der Waals surface area contributed by atoms with Crippen molar-refractivity contribution in [2.24, 2.45) is 5.10 Å². The highest BCUT2D eigenvalue weighted by Gasteiger charge is 2.20. The van der Waals surface area contributed by atoms with Gasteiger partial charge < -0.3 is 10.1 Å². The van der Waals surface area contributed by atoms with Crippen molar-refractivity contribution in [2.45, 2.75) is 6.42 Å². The predicted octanol–water partition coefficient (Wildman–Crippen LogP) is 2.99. The normalized spacial score (nSPS) is 11.2. The lowest BCUT2D eigenvalue weighted by molar-refractivity contribution is -0.123. The molecule has 0 atom stereocenters. The van der Waals surface area contributed by atoms with Gasteiger partial charge in [0.05, 0.1) is 18.2 Å². The number of halogens is 1. The van der Waals surface area contributed by atoms with Crippen LogP contribution in [0.5, 0.6) is 5.75 Å². The molecule has 11 heteroatoms. The quantitative estimate of drug-likeness (QED) is 0.269. The van der Waals surface area contributed by atoms with Gasteiger partial charge in [-0.2, -0.15) is 5.10 Å². The van der Waals surface area contributed by atoms with Crippen LogP contribution in [-0.2, 0) is 26.0 Å². The van der Waals surface area contributed by atoms with Crippen LogP contribution in [-0.4, -0.2) is 52.4 Å². The average molecular weight is 543 g/mol. The van der Waals surface area contributed by atoms with Crippen LogP contribution in [0, 0.1) is 0 Å². The number of sulfonamides is 1. The second-order valence-electron chi connectivity index (χ2n) is 7.99. The maximum absolute atomic E-state index is 12.3. The molecule has 0 unspecified atom stereocenters. The Hall–Kier alpha value is -3.89. The number of anilines is 1. The second-order valence-corrected chi connectivity index (χ2v) is 10.3. The molecule has 2 amide bonds. The Morgan fingerprint density at radius 1 is 1.00 bits per heavy atom. The van der Waals surface area contributed by atoms with Gasteiger partial charge in [-0.3, -0.25) is 13.9 Å². The SMILES string of the molecule is CS(=O)(=O)N(CC(=O)N/N=C\c1ccc(OCC(=O)NCCc2ccccc2)cc1)c1cccc(Cl)c1. The number of carbonyl (C=O) groups is 2.